The predicted molar refractivity (Wildman–Crippen MR) is 80.8 cm³/mol. The molecule has 2 N–H and O–H groups in total. The molecule has 0 bridgehead atoms. The number of halogens is 1. The molecule has 0 aromatic rings. The Morgan fingerprint density at radius 2 is 1.45 bits per heavy atom. The second-order valence-corrected chi connectivity index (χ2v) is 5.00. The summed E-state index contributed by atoms with van der Waals surface area (Å²) in [5.74, 6) is -0.205. The SMILES string of the molecule is Cl.O=C1CCCCCCCCCCOC(=O)CNCN1. The lowest BCUT2D eigenvalue weighted by molar-refractivity contribution is -0.142. The Bertz CT molecular complexity index is 249. The third-order valence-electron chi connectivity index (χ3n) is 3.24. The van der Waals surface area contributed by atoms with E-state index in [2.05, 4.69) is 10.6 Å². The van der Waals surface area contributed by atoms with Crippen molar-refractivity contribution >= 4 is 24.3 Å². The van der Waals surface area contributed by atoms with Crippen LogP contribution in [0.25, 0.3) is 0 Å². The van der Waals surface area contributed by atoms with Crippen molar-refractivity contribution < 1.29 is 14.3 Å². The van der Waals surface area contributed by atoms with E-state index >= 15 is 0 Å². The molecule has 1 heterocycles. The highest BCUT2D eigenvalue weighted by molar-refractivity contribution is 5.85. The summed E-state index contributed by atoms with van der Waals surface area (Å²) in [5.41, 5.74) is 0. The van der Waals surface area contributed by atoms with Crippen molar-refractivity contribution in [2.45, 2.75) is 57.8 Å². The number of hydrogen-bond acceptors (Lipinski definition) is 4. The first-order chi connectivity index (χ1) is 9.29. The van der Waals surface area contributed by atoms with Crippen LogP contribution in [0.4, 0.5) is 0 Å². The summed E-state index contributed by atoms with van der Waals surface area (Å²) >= 11 is 0. The number of hydrogen-bond donors (Lipinski definition) is 2. The van der Waals surface area contributed by atoms with Crippen LogP contribution in [0.5, 0.6) is 0 Å². The summed E-state index contributed by atoms with van der Waals surface area (Å²) < 4.78 is 5.08. The Kier molecular flexibility index (Phi) is 12.7. The minimum absolute atomic E-state index is 0. The standard InChI is InChI=1S/C14H26N2O3.ClH/c17-13-9-7-5-3-1-2-4-6-8-10-19-14(18)11-15-12-16-13;/h15H,1-12H2,(H,16,17);1H. The first-order valence-electron chi connectivity index (χ1n) is 7.42. The van der Waals surface area contributed by atoms with Crippen molar-refractivity contribution in [1.29, 1.82) is 0 Å². The van der Waals surface area contributed by atoms with E-state index in [1.165, 1.54) is 25.7 Å². The average molecular weight is 307 g/mol. The molecule has 1 aliphatic rings. The van der Waals surface area contributed by atoms with Gasteiger partial charge in [-0.05, 0) is 12.8 Å². The number of carbonyl (C=O) groups is 2. The van der Waals surface area contributed by atoms with Gasteiger partial charge in [0.25, 0.3) is 0 Å². The molecule has 1 amide bonds. The van der Waals surface area contributed by atoms with Crippen LogP contribution in [0.3, 0.4) is 0 Å². The molecule has 0 saturated carbocycles. The molecular formula is C14H27ClN2O3. The summed E-state index contributed by atoms with van der Waals surface area (Å²) in [6, 6.07) is 0. The van der Waals surface area contributed by atoms with Gasteiger partial charge in [-0.1, -0.05) is 38.5 Å². The zero-order valence-electron chi connectivity index (χ0n) is 12.1. The van der Waals surface area contributed by atoms with Crippen molar-refractivity contribution in [1.82, 2.24) is 10.6 Å². The zero-order valence-corrected chi connectivity index (χ0v) is 12.9. The molecule has 0 aliphatic carbocycles. The summed E-state index contributed by atoms with van der Waals surface area (Å²) in [6.07, 6.45) is 9.62. The number of ether oxygens (including phenoxy) is 1. The molecule has 1 rings (SSSR count). The molecule has 5 nitrogen and oxygen atoms in total. The second-order valence-electron chi connectivity index (χ2n) is 5.00. The minimum atomic E-state index is -0.251. The largest absolute Gasteiger partial charge is 0.465 e. The predicted octanol–water partition coefficient (Wildman–Crippen LogP) is 2.14. The molecule has 1 fully saturated rings. The smallest absolute Gasteiger partial charge is 0.319 e. The Morgan fingerprint density at radius 3 is 2.15 bits per heavy atom. The highest BCUT2D eigenvalue weighted by Crippen LogP contribution is 2.09. The number of amides is 1. The number of rotatable bonds is 0. The van der Waals surface area contributed by atoms with Crippen molar-refractivity contribution in [2.75, 3.05) is 19.8 Å². The summed E-state index contributed by atoms with van der Waals surface area (Å²) in [4.78, 5) is 22.8. The zero-order chi connectivity index (χ0) is 13.8. The third-order valence-corrected chi connectivity index (χ3v) is 3.24. The molecule has 0 aromatic carbocycles. The van der Waals surface area contributed by atoms with Crippen LogP contribution in [0.15, 0.2) is 0 Å². The quantitative estimate of drug-likeness (QED) is 0.673. The maximum atomic E-state index is 11.4. The van der Waals surface area contributed by atoms with Gasteiger partial charge in [-0.25, -0.2) is 0 Å². The maximum Gasteiger partial charge on any atom is 0.319 e. The summed E-state index contributed by atoms with van der Waals surface area (Å²) in [7, 11) is 0. The number of nitrogens with one attached hydrogen (secondary N) is 2. The number of esters is 1. The Labute approximate surface area is 127 Å². The lowest BCUT2D eigenvalue weighted by Crippen LogP contribution is -2.36. The van der Waals surface area contributed by atoms with E-state index in [1.54, 1.807) is 0 Å². The fourth-order valence-electron chi connectivity index (χ4n) is 2.10. The number of cyclic esters (lactones) is 1. The van der Waals surface area contributed by atoms with Gasteiger partial charge in [0.2, 0.25) is 5.91 Å². The highest BCUT2D eigenvalue weighted by atomic mass is 35.5. The molecule has 1 aliphatic heterocycles. The molecule has 0 spiro atoms. The van der Waals surface area contributed by atoms with Gasteiger partial charge in [-0.3, -0.25) is 14.9 Å². The minimum Gasteiger partial charge on any atom is -0.465 e. The summed E-state index contributed by atoms with van der Waals surface area (Å²) in [6.45, 7) is 0.987. The highest BCUT2D eigenvalue weighted by Gasteiger charge is 2.04. The van der Waals surface area contributed by atoms with E-state index in [9.17, 15) is 9.59 Å². The molecule has 0 unspecified atom stereocenters. The number of carbonyl (C=O) groups excluding carboxylic acids is 2. The topological polar surface area (TPSA) is 67.4 Å². The normalized spacial score (nSPS) is 21.0. The van der Waals surface area contributed by atoms with Crippen LogP contribution in [0, 0.1) is 0 Å². The maximum absolute atomic E-state index is 11.4. The first-order valence-corrected chi connectivity index (χ1v) is 7.42. The second kappa shape index (κ2) is 13.2. The van der Waals surface area contributed by atoms with E-state index in [1.807, 2.05) is 0 Å². The van der Waals surface area contributed by atoms with E-state index in [4.69, 9.17) is 4.74 Å². The molecule has 20 heavy (non-hydrogen) atoms. The van der Waals surface area contributed by atoms with Crippen molar-refractivity contribution in [3.8, 4) is 0 Å². The summed E-state index contributed by atoms with van der Waals surface area (Å²) in [5, 5.41) is 5.59. The first kappa shape index (κ1) is 19.2. The van der Waals surface area contributed by atoms with Gasteiger partial charge in [0.05, 0.1) is 19.8 Å². The van der Waals surface area contributed by atoms with Gasteiger partial charge in [-0.2, -0.15) is 0 Å². The monoisotopic (exact) mass is 306 g/mol. The molecule has 6 heteroatoms. The van der Waals surface area contributed by atoms with E-state index in [-0.39, 0.29) is 30.8 Å². The van der Waals surface area contributed by atoms with Crippen LogP contribution >= 0.6 is 12.4 Å². The van der Waals surface area contributed by atoms with Gasteiger partial charge in [0.15, 0.2) is 0 Å². The fraction of sp³-hybridized carbons (Fsp3) is 0.857. The van der Waals surface area contributed by atoms with Crippen LogP contribution in [-0.2, 0) is 14.3 Å². The van der Waals surface area contributed by atoms with E-state index in [0.29, 0.717) is 19.7 Å². The van der Waals surface area contributed by atoms with Crippen LogP contribution in [-0.4, -0.2) is 31.7 Å². The molecule has 0 atom stereocenters. The average Bonchev–Trinajstić information content (AvgIpc) is 2.40. The van der Waals surface area contributed by atoms with Gasteiger partial charge >= 0.3 is 5.97 Å². The molecule has 1 saturated heterocycles. The van der Waals surface area contributed by atoms with Crippen LogP contribution < -0.4 is 10.6 Å². The molecule has 0 aromatic heterocycles. The third kappa shape index (κ3) is 11.1. The Balaban J connectivity index is 0.00000361. The Morgan fingerprint density at radius 1 is 0.850 bits per heavy atom. The van der Waals surface area contributed by atoms with Crippen LogP contribution in [0.1, 0.15) is 57.8 Å². The lowest BCUT2D eigenvalue weighted by Gasteiger charge is -2.07. The van der Waals surface area contributed by atoms with E-state index in [0.717, 1.165) is 25.7 Å². The molecule has 0 radical (unpaired) electrons. The van der Waals surface area contributed by atoms with E-state index < -0.39 is 0 Å². The van der Waals surface area contributed by atoms with Gasteiger partial charge in [0, 0.05) is 6.42 Å². The van der Waals surface area contributed by atoms with Gasteiger partial charge < -0.3 is 10.1 Å². The van der Waals surface area contributed by atoms with Gasteiger partial charge in [-0.15, -0.1) is 12.4 Å². The van der Waals surface area contributed by atoms with Crippen molar-refractivity contribution in [3.63, 3.8) is 0 Å². The fourth-order valence-corrected chi connectivity index (χ4v) is 2.10. The van der Waals surface area contributed by atoms with Gasteiger partial charge in [0.1, 0.15) is 0 Å². The lowest BCUT2D eigenvalue weighted by atomic mass is 10.1. The Hall–Kier alpha value is -0.810. The molecule has 118 valence electrons. The van der Waals surface area contributed by atoms with Crippen molar-refractivity contribution in [3.05, 3.63) is 0 Å². The van der Waals surface area contributed by atoms with Crippen LogP contribution in [0.2, 0.25) is 0 Å². The molecular weight excluding hydrogens is 280 g/mol. The van der Waals surface area contributed by atoms with Crippen molar-refractivity contribution in [2.24, 2.45) is 0 Å².